The summed E-state index contributed by atoms with van der Waals surface area (Å²) < 4.78 is 4.07. The normalized spacial score (nSPS) is 10.4. The molecule has 0 radical (unpaired) electrons. The lowest BCUT2D eigenvalue weighted by Crippen LogP contribution is -1.99. The second-order valence-electron chi connectivity index (χ2n) is 3.63. The average Bonchev–Trinajstić information content (AvgIpc) is 2.66. The number of rotatable bonds is 3. The standard InChI is InChI=1S/C11H13N3OS/c1-7-3-4-10(15)9(5-7)6-12-11-13-8(2)14-16-11/h3-5,15H,6H2,1-2H3,(H,12,13,14). The van der Waals surface area contributed by atoms with Gasteiger partial charge in [0.05, 0.1) is 0 Å². The maximum absolute atomic E-state index is 9.65. The van der Waals surface area contributed by atoms with Gasteiger partial charge < -0.3 is 10.4 Å². The first-order chi connectivity index (χ1) is 7.65. The second-order valence-corrected chi connectivity index (χ2v) is 4.38. The molecule has 2 aromatic rings. The van der Waals surface area contributed by atoms with Crippen molar-refractivity contribution >= 4 is 16.7 Å². The Hall–Kier alpha value is -1.62. The highest BCUT2D eigenvalue weighted by molar-refractivity contribution is 7.09. The van der Waals surface area contributed by atoms with Crippen LogP contribution in [0.5, 0.6) is 5.75 Å². The van der Waals surface area contributed by atoms with Crippen molar-refractivity contribution in [3.05, 3.63) is 35.2 Å². The van der Waals surface area contributed by atoms with Gasteiger partial charge in [0.15, 0.2) is 0 Å². The van der Waals surface area contributed by atoms with Crippen molar-refractivity contribution < 1.29 is 5.11 Å². The molecule has 84 valence electrons. The lowest BCUT2D eigenvalue weighted by atomic mass is 10.1. The number of nitrogens with one attached hydrogen (secondary N) is 1. The van der Waals surface area contributed by atoms with Gasteiger partial charge in [-0.2, -0.15) is 4.37 Å². The predicted octanol–water partition coefficient (Wildman–Crippen LogP) is 2.47. The number of benzene rings is 1. The molecule has 0 aliphatic rings. The van der Waals surface area contributed by atoms with Crippen LogP contribution in [0.2, 0.25) is 0 Å². The summed E-state index contributed by atoms with van der Waals surface area (Å²) in [6.45, 7) is 4.41. The fraction of sp³-hybridized carbons (Fsp3) is 0.273. The zero-order chi connectivity index (χ0) is 11.5. The smallest absolute Gasteiger partial charge is 0.202 e. The van der Waals surface area contributed by atoms with Gasteiger partial charge in [0.2, 0.25) is 5.13 Å². The number of nitrogens with zero attached hydrogens (tertiary/aromatic N) is 2. The lowest BCUT2D eigenvalue weighted by Gasteiger charge is -2.06. The fourth-order valence-corrected chi connectivity index (χ4v) is 1.96. The maximum Gasteiger partial charge on any atom is 0.202 e. The molecule has 16 heavy (non-hydrogen) atoms. The molecular weight excluding hydrogens is 222 g/mol. The van der Waals surface area contributed by atoms with Crippen molar-refractivity contribution in [1.82, 2.24) is 9.36 Å². The Balaban J connectivity index is 2.07. The molecule has 0 saturated carbocycles. The highest BCUT2D eigenvalue weighted by atomic mass is 32.1. The third-order valence-electron chi connectivity index (χ3n) is 2.19. The van der Waals surface area contributed by atoms with Crippen LogP contribution in [-0.2, 0) is 6.54 Å². The van der Waals surface area contributed by atoms with Gasteiger partial charge in [0.1, 0.15) is 11.6 Å². The van der Waals surface area contributed by atoms with Gasteiger partial charge in [0.25, 0.3) is 0 Å². The van der Waals surface area contributed by atoms with E-state index in [9.17, 15) is 5.11 Å². The van der Waals surface area contributed by atoms with Crippen LogP contribution in [0.3, 0.4) is 0 Å². The third-order valence-corrected chi connectivity index (χ3v) is 2.96. The number of hydrogen-bond acceptors (Lipinski definition) is 5. The SMILES string of the molecule is Cc1ccc(O)c(CNc2nc(C)ns2)c1. The van der Waals surface area contributed by atoms with Gasteiger partial charge in [-0.15, -0.1) is 0 Å². The van der Waals surface area contributed by atoms with E-state index in [0.29, 0.717) is 12.3 Å². The highest BCUT2D eigenvalue weighted by Crippen LogP contribution is 2.20. The van der Waals surface area contributed by atoms with Gasteiger partial charge in [0, 0.05) is 23.6 Å². The van der Waals surface area contributed by atoms with Gasteiger partial charge in [-0.25, -0.2) is 4.98 Å². The van der Waals surface area contributed by atoms with Crippen LogP contribution >= 0.6 is 11.5 Å². The van der Waals surface area contributed by atoms with Crippen LogP contribution in [0.1, 0.15) is 17.0 Å². The quantitative estimate of drug-likeness (QED) is 0.858. The Kier molecular flexibility index (Phi) is 3.05. The molecular formula is C11H13N3OS. The Labute approximate surface area is 98.1 Å². The van der Waals surface area contributed by atoms with Crippen molar-refractivity contribution in [2.24, 2.45) is 0 Å². The average molecular weight is 235 g/mol. The zero-order valence-corrected chi connectivity index (χ0v) is 10.0. The number of aryl methyl sites for hydroxylation is 2. The first kappa shape index (κ1) is 10.9. The van der Waals surface area contributed by atoms with E-state index in [2.05, 4.69) is 14.7 Å². The van der Waals surface area contributed by atoms with Crippen molar-refractivity contribution in [2.45, 2.75) is 20.4 Å². The summed E-state index contributed by atoms with van der Waals surface area (Å²) >= 11 is 1.32. The Morgan fingerprint density at radius 2 is 2.19 bits per heavy atom. The summed E-state index contributed by atoms with van der Waals surface area (Å²) in [5.41, 5.74) is 2.00. The predicted molar refractivity (Wildman–Crippen MR) is 64.8 cm³/mol. The van der Waals surface area contributed by atoms with Crippen molar-refractivity contribution in [1.29, 1.82) is 0 Å². The third kappa shape index (κ3) is 2.49. The van der Waals surface area contributed by atoms with E-state index < -0.39 is 0 Å². The molecule has 0 unspecified atom stereocenters. The van der Waals surface area contributed by atoms with Gasteiger partial charge in [-0.1, -0.05) is 17.7 Å². The maximum atomic E-state index is 9.65. The molecule has 2 N–H and O–H groups in total. The zero-order valence-electron chi connectivity index (χ0n) is 9.19. The van der Waals surface area contributed by atoms with Gasteiger partial charge in [-0.05, 0) is 19.9 Å². The van der Waals surface area contributed by atoms with Crippen molar-refractivity contribution in [2.75, 3.05) is 5.32 Å². The first-order valence-electron chi connectivity index (χ1n) is 4.98. The van der Waals surface area contributed by atoms with E-state index in [-0.39, 0.29) is 0 Å². The fourth-order valence-electron chi connectivity index (χ4n) is 1.40. The Morgan fingerprint density at radius 1 is 1.38 bits per heavy atom. The van der Waals surface area contributed by atoms with Crippen LogP contribution in [-0.4, -0.2) is 14.5 Å². The summed E-state index contributed by atoms with van der Waals surface area (Å²) in [6, 6.07) is 5.54. The van der Waals surface area contributed by atoms with Gasteiger partial charge in [-0.3, -0.25) is 0 Å². The van der Waals surface area contributed by atoms with E-state index in [1.165, 1.54) is 11.5 Å². The molecule has 0 amide bonds. The number of anilines is 1. The summed E-state index contributed by atoms with van der Waals surface area (Å²) in [7, 11) is 0. The summed E-state index contributed by atoms with van der Waals surface area (Å²) in [4.78, 5) is 4.19. The van der Waals surface area contributed by atoms with E-state index in [0.717, 1.165) is 22.1 Å². The molecule has 0 atom stereocenters. The van der Waals surface area contributed by atoms with Crippen LogP contribution in [0.25, 0.3) is 0 Å². The molecule has 1 aromatic heterocycles. The van der Waals surface area contributed by atoms with E-state index in [1.54, 1.807) is 6.07 Å². The summed E-state index contributed by atoms with van der Waals surface area (Å²) in [5, 5.41) is 13.6. The van der Waals surface area contributed by atoms with Crippen LogP contribution in [0, 0.1) is 13.8 Å². The number of aromatic nitrogens is 2. The molecule has 4 nitrogen and oxygen atoms in total. The highest BCUT2D eigenvalue weighted by Gasteiger charge is 2.03. The largest absolute Gasteiger partial charge is 0.508 e. The van der Waals surface area contributed by atoms with E-state index in [4.69, 9.17) is 0 Å². The topological polar surface area (TPSA) is 58.0 Å². The van der Waals surface area contributed by atoms with Crippen LogP contribution in [0.4, 0.5) is 5.13 Å². The minimum Gasteiger partial charge on any atom is -0.508 e. The summed E-state index contributed by atoms with van der Waals surface area (Å²) in [5.74, 6) is 1.07. The molecule has 5 heteroatoms. The van der Waals surface area contributed by atoms with Crippen molar-refractivity contribution in [3.63, 3.8) is 0 Å². The molecule has 0 fully saturated rings. The molecule has 0 saturated heterocycles. The first-order valence-corrected chi connectivity index (χ1v) is 5.75. The molecule has 0 spiro atoms. The molecule has 1 heterocycles. The number of phenols is 1. The Bertz CT molecular complexity index is 496. The molecule has 2 rings (SSSR count). The van der Waals surface area contributed by atoms with E-state index in [1.807, 2.05) is 26.0 Å². The molecule has 0 aliphatic heterocycles. The Morgan fingerprint density at radius 3 is 2.88 bits per heavy atom. The minimum atomic E-state index is 0.305. The monoisotopic (exact) mass is 235 g/mol. The lowest BCUT2D eigenvalue weighted by molar-refractivity contribution is 0.469. The van der Waals surface area contributed by atoms with E-state index >= 15 is 0 Å². The molecule has 1 aromatic carbocycles. The summed E-state index contributed by atoms with van der Waals surface area (Å²) in [6.07, 6.45) is 0. The minimum absolute atomic E-state index is 0.305. The number of phenolic OH excluding ortho intramolecular Hbond substituents is 1. The van der Waals surface area contributed by atoms with Gasteiger partial charge >= 0.3 is 0 Å². The van der Waals surface area contributed by atoms with Crippen LogP contribution < -0.4 is 5.32 Å². The van der Waals surface area contributed by atoms with Crippen molar-refractivity contribution in [3.8, 4) is 5.75 Å². The molecule has 0 bridgehead atoms. The molecule has 0 aliphatic carbocycles. The number of aromatic hydroxyl groups is 1. The second kappa shape index (κ2) is 4.49. The number of hydrogen-bond donors (Lipinski definition) is 2. The van der Waals surface area contributed by atoms with Crippen LogP contribution in [0.15, 0.2) is 18.2 Å².